The number of hydrogen-bond donors (Lipinski definition) is 1. The lowest BCUT2D eigenvalue weighted by Crippen LogP contribution is -2.22. The smallest absolute Gasteiger partial charge is 0.251 e. The molecule has 0 saturated heterocycles. The summed E-state index contributed by atoms with van der Waals surface area (Å²) < 4.78 is 11.9. The third kappa shape index (κ3) is 5.77. The lowest BCUT2D eigenvalue weighted by Gasteiger charge is -2.09. The van der Waals surface area contributed by atoms with E-state index in [1.165, 1.54) is 11.3 Å². The molecule has 0 radical (unpaired) electrons. The zero-order valence-electron chi connectivity index (χ0n) is 15.4. The molecular formula is C21H24N2O3S. The van der Waals surface area contributed by atoms with Gasteiger partial charge in [-0.25, -0.2) is 4.98 Å². The normalized spacial score (nSPS) is 10.9. The van der Waals surface area contributed by atoms with Gasteiger partial charge < -0.3 is 14.8 Å². The van der Waals surface area contributed by atoms with Crippen molar-refractivity contribution < 1.29 is 14.3 Å². The predicted octanol–water partition coefficient (Wildman–Crippen LogP) is 4.42. The molecule has 142 valence electrons. The molecule has 0 fully saturated rings. The molecule has 0 spiro atoms. The maximum Gasteiger partial charge on any atom is 0.251 e. The van der Waals surface area contributed by atoms with E-state index < -0.39 is 0 Å². The molecule has 1 N–H and O–H groups in total. The number of ether oxygens (including phenoxy) is 2. The van der Waals surface area contributed by atoms with Crippen LogP contribution in [-0.4, -0.2) is 31.2 Å². The zero-order chi connectivity index (χ0) is 18.9. The van der Waals surface area contributed by atoms with Crippen molar-refractivity contribution in [1.82, 2.24) is 10.3 Å². The van der Waals surface area contributed by atoms with Crippen LogP contribution in [0.25, 0.3) is 10.2 Å². The van der Waals surface area contributed by atoms with Gasteiger partial charge in [-0.1, -0.05) is 12.1 Å². The first-order valence-corrected chi connectivity index (χ1v) is 9.96. The molecule has 1 aromatic heterocycles. The molecule has 0 unspecified atom stereocenters. The van der Waals surface area contributed by atoms with Crippen molar-refractivity contribution in [1.29, 1.82) is 0 Å². The first-order chi connectivity index (χ1) is 13.3. The van der Waals surface area contributed by atoms with Crippen LogP contribution in [0.1, 0.15) is 35.2 Å². The number of nitrogens with zero attached hydrogens (tertiary/aromatic N) is 1. The number of unbranched alkanes of at least 4 members (excludes halogenated alkanes) is 2. The van der Waals surface area contributed by atoms with Gasteiger partial charge in [0.2, 0.25) is 0 Å². The second-order valence-electron chi connectivity index (χ2n) is 6.27. The van der Waals surface area contributed by atoms with Crippen molar-refractivity contribution in [3.05, 3.63) is 59.1 Å². The van der Waals surface area contributed by atoms with Gasteiger partial charge >= 0.3 is 0 Å². The molecule has 0 bridgehead atoms. The summed E-state index contributed by atoms with van der Waals surface area (Å²) in [5.41, 5.74) is 4.37. The molecule has 5 nitrogen and oxygen atoms in total. The Labute approximate surface area is 163 Å². The maximum absolute atomic E-state index is 12.4. The number of rotatable bonds is 10. The number of nitrogens with one attached hydrogen (secondary N) is 1. The Hall–Kier alpha value is -2.44. The van der Waals surface area contributed by atoms with E-state index in [-0.39, 0.29) is 5.91 Å². The summed E-state index contributed by atoms with van der Waals surface area (Å²) in [5, 5.41) is 2.97. The van der Waals surface area contributed by atoms with E-state index in [0.717, 1.165) is 47.4 Å². The van der Waals surface area contributed by atoms with Crippen molar-refractivity contribution in [3.63, 3.8) is 0 Å². The van der Waals surface area contributed by atoms with E-state index in [2.05, 4.69) is 10.3 Å². The SMILES string of the molecule is COCCCCCOc1cccc(CNC(=O)c2ccc3ncsc3c2)c1. The van der Waals surface area contributed by atoms with E-state index in [1.807, 2.05) is 36.4 Å². The highest BCUT2D eigenvalue weighted by atomic mass is 32.1. The molecular weight excluding hydrogens is 360 g/mol. The van der Waals surface area contributed by atoms with Gasteiger partial charge in [-0.3, -0.25) is 4.79 Å². The Morgan fingerprint density at radius 3 is 2.89 bits per heavy atom. The highest BCUT2D eigenvalue weighted by Crippen LogP contribution is 2.19. The van der Waals surface area contributed by atoms with E-state index in [9.17, 15) is 4.79 Å². The fourth-order valence-corrected chi connectivity index (χ4v) is 3.46. The molecule has 27 heavy (non-hydrogen) atoms. The van der Waals surface area contributed by atoms with Crippen molar-refractivity contribution in [2.75, 3.05) is 20.3 Å². The lowest BCUT2D eigenvalue weighted by atomic mass is 10.2. The van der Waals surface area contributed by atoms with Crippen LogP contribution >= 0.6 is 11.3 Å². The highest BCUT2D eigenvalue weighted by molar-refractivity contribution is 7.16. The summed E-state index contributed by atoms with van der Waals surface area (Å²) in [4.78, 5) is 16.6. The van der Waals surface area contributed by atoms with Gasteiger partial charge in [0.1, 0.15) is 5.75 Å². The van der Waals surface area contributed by atoms with Crippen LogP contribution in [0.4, 0.5) is 0 Å². The Balaban J connectivity index is 1.48. The molecule has 0 aliphatic carbocycles. The first-order valence-electron chi connectivity index (χ1n) is 9.08. The Kier molecular flexibility index (Phi) is 7.19. The molecule has 0 saturated carbocycles. The highest BCUT2D eigenvalue weighted by Gasteiger charge is 2.08. The van der Waals surface area contributed by atoms with Crippen LogP contribution in [0, 0.1) is 0 Å². The van der Waals surface area contributed by atoms with E-state index >= 15 is 0 Å². The number of amides is 1. The van der Waals surface area contributed by atoms with Crippen LogP contribution in [0.3, 0.4) is 0 Å². The number of carbonyl (C=O) groups is 1. The van der Waals surface area contributed by atoms with Gasteiger partial charge in [-0.15, -0.1) is 11.3 Å². The van der Waals surface area contributed by atoms with Crippen molar-refractivity contribution in [3.8, 4) is 5.75 Å². The molecule has 2 aromatic carbocycles. The topological polar surface area (TPSA) is 60.5 Å². The number of benzene rings is 2. The molecule has 6 heteroatoms. The summed E-state index contributed by atoms with van der Waals surface area (Å²) in [7, 11) is 1.72. The van der Waals surface area contributed by atoms with E-state index in [4.69, 9.17) is 9.47 Å². The standard InChI is InChI=1S/C21H24N2O3S/c1-25-10-3-2-4-11-26-18-7-5-6-16(12-18)14-22-21(24)17-8-9-19-20(13-17)27-15-23-19/h5-9,12-13,15H,2-4,10-11,14H2,1H3,(H,22,24). The molecule has 1 heterocycles. The Morgan fingerprint density at radius 2 is 2.00 bits per heavy atom. The van der Waals surface area contributed by atoms with E-state index in [0.29, 0.717) is 18.7 Å². The third-order valence-corrected chi connectivity index (χ3v) is 5.00. The minimum atomic E-state index is -0.0882. The summed E-state index contributed by atoms with van der Waals surface area (Å²) in [5.74, 6) is 0.745. The second-order valence-corrected chi connectivity index (χ2v) is 7.15. The Morgan fingerprint density at radius 1 is 1.11 bits per heavy atom. The summed E-state index contributed by atoms with van der Waals surface area (Å²) in [6.45, 7) is 1.95. The third-order valence-electron chi connectivity index (χ3n) is 4.21. The van der Waals surface area contributed by atoms with Gasteiger partial charge in [-0.2, -0.15) is 0 Å². The first kappa shape index (κ1) is 19.3. The fraction of sp³-hybridized carbons (Fsp3) is 0.333. The summed E-state index contributed by atoms with van der Waals surface area (Å²) in [6.07, 6.45) is 3.15. The molecule has 0 atom stereocenters. The summed E-state index contributed by atoms with van der Waals surface area (Å²) in [6, 6.07) is 13.4. The predicted molar refractivity (Wildman–Crippen MR) is 108 cm³/mol. The molecule has 3 aromatic rings. The number of methoxy groups -OCH3 is 1. The van der Waals surface area contributed by atoms with E-state index in [1.54, 1.807) is 18.7 Å². The average Bonchev–Trinajstić information content (AvgIpc) is 3.17. The lowest BCUT2D eigenvalue weighted by molar-refractivity contribution is 0.0951. The fourth-order valence-electron chi connectivity index (χ4n) is 2.74. The molecule has 1 amide bonds. The summed E-state index contributed by atoms with van der Waals surface area (Å²) >= 11 is 1.53. The maximum atomic E-state index is 12.4. The second kappa shape index (κ2) is 10.0. The largest absolute Gasteiger partial charge is 0.494 e. The minimum absolute atomic E-state index is 0.0882. The molecule has 3 rings (SSSR count). The number of hydrogen-bond acceptors (Lipinski definition) is 5. The quantitative estimate of drug-likeness (QED) is 0.526. The zero-order valence-corrected chi connectivity index (χ0v) is 16.3. The Bertz CT molecular complexity index is 878. The van der Waals surface area contributed by atoms with Gasteiger partial charge in [-0.05, 0) is 55.2 Å². The number of thiazole rings is 1. The van der Waals surface area contributed by atoms with Crippen LogP contribution in [-0.2, 0) is 11.3 Å². The number of fused-ring (bicyclic) bond motifs is 1. The van der Waals surface area contributed by atoms with Crippen LogP contribution in [0.15, 0.2) is 48.0 Å². The van der Waals surface area contributed by atoms with Crippen molar-refractivity contribution in [2.45, 2.75) is 25.8 Å². The van der Waals surface area contributed by atoms with Gasteiger partial charge in [0.05, 0.1) is 22.3 Å². The monoisotopic (exact) mass is 384 g/mol. The molecule has 0 aliphatic rings. The van der Waals surface area contributed by atoms with Crippen LogP contribution < -0.4 is 10.1 Å². The molecule has 0 aliphatic heterocycles. The van der Waals surface area contributed by atoms with Crippen LogP contribution in [0.5, 0.6) is 5.75 Å². The average molecular weight is 385 g/mol. The van der Waals surface area contributed by atoms with Gasteiger partial charge in [0.15, 0.2) is 0 Å². The van der Waals surface area contributed by atoms with Crippen molar-refractivity contribution >= 4 is 27.5 Å². The van der Waals surface area contributed by atoms with Gasteiger partial charge in [0, 0.05) is 25.8 Å². The van der Waals surface area contributed by atoms with Gasteiger partial charge in [0.25, 0.3) is 5.91 Å². The number of aromatic nitrogens is 1. The van der Waals surface area contributed by atoms with Crippen molar-refractivity contribution in [2.24, 2.45) is 0 Å². The minimum Gasteiger partial charge on any atom is -0.494 e. The number of carbonyl (C=O) groups excluding carboxylic acids is 1. The van der Waals surface area contributed by atoms with Crippen LogP contribution in [0.2, 0.25) is 0 Å².